The van der Waals surface area contributed by atoms with Crippen molar-refractivity contribution in [1.82, 2.24) is 0 Å². The van der Waals surface area contributed by atoms with E-state index in [-0.39, 0.29) is 24.3 Å². The lowest BCUT2D eigenvalue weighted by Crippen LogP contribution is -2.41. The minimum absolute atomic E-state index is 0.0150. The van der Waals surface area contributed by atoms with E-state index in [1.54, 1.807) is 54.6 Å². The fraction of sp³-hybridized carbons (Fsp3) is 0.286. The van der Waals surface area contributed by atoms with Crippen LogP contribution in [0.2, 0.25) is 0 Å². The summed E-state index contributed by atoms with van der Waals surface area (Å²) in [5, 5.41) is 0. The van der Waals surface area contributed by atoms with Crippen LogP contribution in [0.4, 0.5) is 13.2 Å². The molecule has 0 amide bonds. The number of rotatable bonds is 11. The van der Waals surface area contributed by atoms with Crippen LogP contribution in [-0.2, 0) is 39.9 Å². The van der Waals surface area contributed by atoms with Crippen LogP contribution in [0.25, 0.3) is 0 Å². The zero-order chi connectivity index (χ0) is 29.5. The van der Waals surface area contributed by atoms with Crippen molar-refractivity contribution in [3.63, 3.8) is 0 Å². The van der Waals surface area contributed by atoms with E-state index < -0.39 is 58.6 Å². The summed E-state index contributed by atoms with van der Waals surface area (Å²) in [6, 6.07) is 24.1. The van der Waals surface area contributed by atoms with Crippen molar-refractivity contribution < 1.29 is 54.3 Å². The monoisotopic (exact) mass is 594 g/mol. The van der Waals surface area contributed by atoms with E-state index in [2.05, 4.69) is 4.18 Å². The molecule has 0 spiro atoms. The Labute approximate surface area is 233 Å². The highest BCUT2D eigenvalue weighted by Gasteiger charge is 2.56. The topological polar surface area (TPSA) is 114 Å². The molecule has 0 radical (unpaired) electrons. The molecular formula is C28H25F3O9S. The van der Waals surface area contributed by atoms with Crippen LogP contribution in [0.3, 0.4) is 0 Å². The molecule has 1 aliphatic heterocycles. The van der Waals surface area contributed by atoms with E-state index in [9.17, 15) is 31.2 Å². The summed E-state index contributed by atoms with van der Waals surface area (Å²) in [5.41, 5.74) is -4.81. The number of carbonyl (C=O) groups is 2. The highest BCUT2D eigenvalue weighted by molar-refractivity contribution is 7.87. The zero-order valence-corrected chi connectivity index (χ0v) is 22.1. The van der Waals surface area contributed by atoms with E-state index in [4.69, 9.17) is 18.9 Å². The highest BCUT2D eigenvalue weighted by Crippen LogP contribution is 2.36. The first kappa shape index (κ1) is 30.2. The van der Waals surface area contributed by atoms with Gasteiger partial charge in [0.15, 0.2) is 0 Å². The smallest absolute Gasteiger partial charge is 0.459 e. The van der Waals surface area contributed by atoms with Gasteiger partial charge in [0.05, 0.1) is 24.3 Å². The fourth-order valence-electron chi connectivity index (χ4n) is 3.99. The first-order valence-electron chi connectivity index (χ1n) is 12.3. The van der Waals surface area contributed by atoms with Crippen LogP contribution in [0.5, 0.6) is 0 Å². The maximum Gasteiger partial charge on any atom is 0.523 e. The van der Waals surface area contributed by atoms with Gasteiger partial charge in [0.1, 0.15) is 18.8 Å². The normalized spacial score (nSPS) is 20.9. The first-order chi connectivity index (χ1) is 19.5. The Bertz CT molecular complexity index is 1400. The SMILES string of the molecule is O=C(OC[C@H]1O[C@@H](OC(=O)c2ccccc2)C(OS(=O)(=O)C(F)(F)F)[C@H]1COCc1ccccc1)c1ccccc1. The minimum atomic E-state index is -6.16. The molecule has 1 fully saturated rings. The van der Waals surface area contributed by atoms with Crippen LogP contribution in [0.1, 0.15) is 26.3 Å². The van der Waals surface area contributed by atoms with Gasteiger partial charge in [-0.1, -0.05) is 66.7 Å². The maximum atomic E-state index is 13.3. The maximum absolute atomic E-state index is 13.3. The van der Waals surface area contributed by atoms with Crippen LogP contribution >= 0.6 is 0 Å². The molecule has 0 bridgehead atoms. The van der Waals surface area contributed by atoms with Crippen LogP contribution in [0.15, 0.2) is 91.0 Å². The number of hydrogen-bond acceptors (Lipinski definition) is 9. The first-order valence-corrected chi connectivity index (χ1v) is 13.7. The average molecular weight is 595 g/mol. The summed E-state index contributed by atoms with van der Waals surface area (Å²) in [4.78, 5) is 25.2. The Morgan fingerprint density at radius 3 is 1.88 bits per heavy atom. The van der Waals surface area contributed by atoms with Crippen LogP contribution in [-0.4, -0.2) is 57.6 Å². The second-order valence-electron chi connectivity index (χ2n) is 8.90. The molecule has 41 heavy (non-hydrogen) atoms. The molecule has 3 aromatic rings. The lowest BCUT2D eigenvalue weighted by atomic mass is 10.00. The molecule has 1 heterocycles. The van der Waals surface area contributed by atoms with Crippen molar-refractivity contribution >= 4 is 22.1 Å². The van der Waals surface area contributed by atoms with Gasteiger partial charge in [-0.15, -0.1) is 0 Å². The van der Waals surface area contributed by atoms with Gasteiger partial charge in [0, 0.05) is 5.92 Å². The number of ether oxygens (including phenoxy) is 4. The van der Waals surface area contributed by atoms with Crippen LogP contribution in [0, 0.1) is 5.92 Å². The summed E-state index contributed by atoms with van der Waals surface area (Å²) in [7, 11) is -6.16. The number of carbonyl (C=O) groups excluding carboxylic acids is 2. The predicted molar refractivity (Wildman–Crippen MR) is 137 cm³/mol. The second-order valence-corrected chi connectivity index (χ2v) is 10.5. The predicted octanol–water partition coefficient (Wildman–Crippen LogP) is 4.49. The van der Waals surface area contributed by atoms with E-state index in [1.807, 2.05) is 0 Å². The van der Waals surface area contributed by atoms with Gasteiger partial charge in [-0.3, -0.25) is 4.18 Å². The standard InChI is InChI=1S/C28H25F3O9S/c29-28(30,31)41(34,35)40-24-22(17-36-16-19-10-4-1-5-11-19)23(18-37-25(32)20-12-6-2-7-13-20)38-27(24)39-26(33)21-14-8-3-9-15-21/h1-15,22-24,27H,16-18H2/t22-,23+,24?,27-/m0/s1. The Kier molecular flexibility index (Phi) is 9.76. The third-order valence-electron chi connectivity index (χ3n) is 6.04. The molecule has 0 aromatic heterocycles. The molecule has 0 saturated carbocycles. The third kappa shape index (κ3) is 7.91. The number of esters is 2. The molecule has 3 aromatic carbocycles. The molecule has 0 aliphatic carbocycles. The summed E-state index contributed by atoms with van der Waals surface area (Å²) in [6.07, 6.45) is -5.16. The van der Waals surface area contributed by atoms with Crippen molar-refractivity contribution in [3.8, 4) is 0 Å². The molecule has 1 saturated heterocycles. The minimum Gasteiger partial charge on any atom is -0.459 e. The molecule has 13 heteroatoms. The number of halogens is 3. The number of alkyl halides is 3. The van der Waals surface area contributed by atoms with Crippen molar-refractivity contribution in [2.24, 2.45) is 5.92 Å². The summed E-state index contributed by atoms with van der Waals surface area (Å²) in [5.74, 6) is -3.03. The molecule has 4 atom stereocenters. The van der Waals surface area contributed by atoms with Gasteiger partial charge in [0.2, 0.25) is 6.29 Å². The molecule has 9 nitrogen and oxygen atoms in total. The Morgan fingerprint density at radius 2 is 1.32 bits per heavy atom. The van der Waals surface area contributed by atoms with Crippen molar-refractivity contribution in [3.05, 3.63) is 108 Å². The van der Waals surface area contributed by atoms with Gasteiger partial charge in [-0.25, -0.2) is 9.59 Å². The second kappa shape index (κ2) is 13.3. The van der Waals surface area contributed by atoms with E-state index in [0.29, 0.717) is 0 Å². The molecule has 4 rings (SSSR count). The quantitative estimate of drug-likeness (QED) is 0.180. The Hall–Kier alpha value is -3.78. The van der Waals surface area contributed by atoms with E-state index >= 15 is 0 Å². The number of hydrogen-bond donors (Lipinski definition) is 0. The van der Waals surface area contributed by atoms with Gasteiger partial charge >= 0.3 is 27.6 Å². The average Bonchev–Trinajstić information content (AvgIpc) is 3.27. The van der Waals surface area contributed by atoms with Gasteiger partial charge in [-0.05, 0) is 29.8 Å². The van der Waals surface area contributed by atoms with E-state index in [0.717, 1.165) is 5.56 Å². The van der Waals surface area contributed by atoms with Crippen LogP contribution < -0.4 is 0 Å². The lowest BCUT2D eigenvalue weighted by Gasteiger charge is -2.24. The summed E-state index contributed by atoms with van der Waals surface area (Å²) in [6.45, 7) is -0.903. The Morgan fingerprint density at radius 1 is 0.780 bits per heavy atom. The van der Waals surface area contributed by atoms with Crippen molar-refractivity contribution in [1.29, 1.82) is 0 Å². The zero-order valence-electron chi connectivity index (χ0n) is 21.3. The molecular weight excluding hydrogens is 569 g/mol. The third-order valence-corrected chi connectivity index (χ3v) is 7.08. The highest BCUT2D eigenvalue weighted by atomic mass is 32.2. The summed E-state index contributed by atoms with van der Waals surface area (Å²) < 4.78 is 90.5. The molecule has 1 unspecified atom stereocenters. The Balaban J connectivity index is 1.59. The van der Waals surface area contributed by atoms with E-state index in [1.165, 1.54) is 36.4 Å². The molecule has 0 N–H and O–H groups in total. The van der Waals surface area contributed by atoms with Gasteiger partial charge in [-0.2, -0.15) is 21.6 Å². The largest absolute Gasteiger partial charge is 0.523 e. The summed E-state index contributed by atoms with van der Waals surface area (Å²) >= 11 is 0. The molecule has 1 aliphatic rings. The fourth-order valence-corrected chi connectivity index (χ4v) is 4.63. The van der Waals surface area contributed by atoms with Crippen molar-refractivity contribution in [2.75, 3.05) is 13.2 Å². The van der Waals surface area contributed by atoms with Gasteiger partial charge < -0.3 is 18.9 Å². The van der Waals surface area contributed by atoms with Gasteiger partial charge in [0.25, 0.3) is 0 Å². The lowest BCUT2D eigenvalue weighted by molar-refractivity contribution is -0.138. The van der Waals surface area contributed by atoms with Crippen molar-refractivity contribution in [2.45, 2.75) is 30.6 Å². The number of benzene rings is 3. The molecule has 218 valence electrons.